The van der Waals surface area contributed by atoms with Crippen LogP contribution in [0.1, 0.15) is 51.5 Å². The Hall–Kier alpha value is -5.31. The summed E-state index contributed by atoms with van der Waals surface area (Å²) in [4.78, 5) is 31.6. The van der Waals surface area contributed by atoms with Gasteiger partial charge in [0, 0.05) is 29.4 Å². The highest BCUT2D eigenvalue weighted by molar-refractivity contribution is 6.13. The molecule has 216 valence electrons. The van der Waals surface area contributed by atoms with Crippen molar-refractivity contribution in [2.24, 2.45) is 0 Å². The Morgan fingerprint density at radius 3 is 2.45 bits per heavy atom. The minimum absolute atomic E-state index is 0.0738. The average molecular weight is 575 g/mol. The molecular formula is C30H28F2N6O4. The molecule has 10 nitrogen and oxygen atoms in total. The van der Waals surface area contributed by atoms with Crippen molar-refractivity contribution in [1.82, 2.24) is 14.8 Å². The number of carbonyl (C=O) groups is 2. The van der Waals surface area contributed by atoms with Gasteiger partial charge in [-0.05, 0) is 36.4 Å². The van der Waals surface area contributed by atoms with Gasteiger partial charge in [-0.2, -0.15) is 19.1 Å². The molecule has 4 aromatic rings. The number of nitrogens with zero attached hydrogens (tertiary/aromatic N) is 5. The van der Waals surface area contributed by atoms with E-state index in [0.29, 0.717) is 18.0 Å². The van der Waals surface area contributed by atoms with Crippen LogP contribution >= 0.6 is 0 Å². The summed E-state index contributed by atoms with van der Waals surface area (Å²) in [5.41, 5.74) is 0.351. The number of hydrogen-bond donors (Lipinski definition) is 1. The highest BCUT2D eigenvalue weighted by atomic mass is 19.3. The van der Waals surface area contributed by atoms with Crippen LogP contribution in [0, 0.1) is 11.3 Å². The van der Waals surface area contributed by atoms with Crippen molar-refractivity contribution in [3.05, 3.63) is 94.9 Å². The number of pyridine rings is 1. The Labute approximate surface area is 241 Å². The summed E-state index contributed by atoms with van der Waals surface area (Å²) < 4.78 is 41.8. The number of methoxy groups -OCH3 is 2. The van der Waals surface area contributed by atoms with Crippen molar-refractivity contribution < 1.29 is 27.8 Å². The van der Waals surface area contributed by atoms with Gasteiger partial charge in [0.25, 0.3) is 11.8 Å². The lowest BCUT2D eigenvalue weighted by Gasteiger charge is -2.28. The summed E-state index contributed by atoms with van der Waals surface area (Å²) in [5, 5.41) is 16.2. The number of hydrogen-bond acceptors (Lipinski definition) is 7. The van der Waals surface area contributed by atoms with Gasteiger partial charge in [-0.15, -0.1) is 0 Å². The minimum Gasteiger partial charge on any atom is -0.495 e. The highest BCUT2D eigenvalue weighted by Gasteiger charge is 2.37. The molecule has 0 unspecified atom stereocenters. The topological polar surface area (TPSA) is 122 Å². The van der Waals surface area contributed by atoms with E-state index in [1.54, 1.807) is 0 Å². The second-order valence-electron chi connectivity index (χ2n) is 8.75. The molecule has 1 N–H and O–H groups in total. The average Bonchev–Trinajstić information content (AvgIpc) is 3.45. The summed E-state index contributed by atoms with van der Waals surface area (Å²) in [7, 11) is 2.77. The Balaban J connectivity index is 0.00000198. The molecule has 0 saturated heterocycles. The van der Waals surface area contributed by atoms with E-state index in [-0.39, 0.29) is 40.5 Å². The van der Waals surface area contributed by atoms with Crippen LogP contribution in [-0.2, 0) is 12.5 Å². The van der Waals surface area contributed by atoms with Crippen molar-refractivity contribution in [3.8, 4) is 17.7 Å². The van der Waals surface area contributed by atoms with Gasteiger partial charge in [0.1, 0.15) is 23.2 Å². The summed E-state index contributed by atoms with van der Waals surface area (Å²) in [6, 6.07) is 15.9. The molecular weight excluding hydrogens is 546 g/mol. The lowest BCUT2D eigenvalue weighted by Crippen LogP contribution is -2.41. The zero-order valence-electron chi connectivity index (χ0n) is 23.4. The predicted molar refractivity (Wildman–Crippen MR) is 151 cm³/mol. The molecule has 12 heteroatoms. The number of nitriles is 1. The molecule has 3 heterocycles. The molecule has 0 atom stereocenters. The SMILES string of the molecule is CC.COc1cccc(C(F)(F)c2ccc(N3CCn4ncc(NC(=O)c5ccc(OC)c(C#N)c5)c4C3=O)cc2)n1. The third kappa shape index (κ3) is 5.62. The molecule has 1 aliphatic rings. The van der Waals surface area contributed by atoms with Gasteiger partial charge in [-0.1, -0.05) is 32.0 Å². The second-order valence-corrected chi connectivity index (χ2v) is 8.75. The second kappa shape index (κ2) is 12.5. The number of halogens is 2. The first kappa shape index (κ1) is 29.7. The molecule has 0 aliphatic carbocycles. The monoisotopic (exact) mass is 574 g/mol. The van der Waals surface area contributed by atoms with Crippen LogP contribution in [0.25, 0.3) is 0 Å². The summed E-state index contributed by atoms with van der Waals surface area (Å²) in [5.74, 6) is -3.99. The Morgan fingerprint density at radius 1 is 1.05 bits per heavy atom. The van der Waals surface area contributed by atoms with Crippen molar-refractivity contribution in [1.29, 1.82) is 5.26 Å². The molecule has 42 heavy (non-hydrogen) atoms. The van der Waals surface area contributed by atoms with E-state index in [1.165, 1.54) is 90.7 Å². The quantitative estimate of drug-likeness (QED) is 0.320. The Morgan fingerprint density at radius 2 is 1.79 bits per heavy atom. The van der Waals surface area contributed by atoms with Crippen LogP contribution in [-0.4, -0.2) is 47.3 Å². The van der Waals surface area contributed by atoms with Crippen molar-refractivity contribution in [3.63, 3.8) is 0 Å². The van der Waals surface area contributed by atoms with Gasteiger partial charge in [-0.3, -0.25) is 14.3 Å². The van der Waals surface area contributed by atoms with Crippen LogP contribution < -0.4 is 19.7 Å². The maximum atomic E-state index is 15.1. The van der Waals surface area contributed by atoms with Gasteiger partial charge in [0.2, 0.25) is 5.88 Å². The highest BCUT2D eigenvalue weighted by Crippen LogP contribution is 2.36. The van der Waals surface area contributed by atoms with Crippen LogP contribution in [0.2, 0.25) is 0 Å². The van der Waals surface area contributed by atoms with Gasteiger partial charge in [0.15, 0.2) is 0 Å². The fourth-order valence-corrected chi connectivity index (χ4v) is 4.38. The fraction of sp³-hybridized carbons (Fsp3) is 0.233. The number of aromatic nitrogens is 3. The first-order chi connectivity index (χ1) is 20.3. The van der Waals surface area contributed by atoms with Crippen LogP contribution in [0.5, 0.6) is 11.6 Å². The zero-order valence-corrected chi connectivity index (χ0v) is 23.4. The first-order valence-electron chi connectivity index (χ1n) is 13.0. The number of amides is 2. The molecule has 2 aromatic heterocycles. The third-order valence-electron chi connectivity index (χ3n) is 6.45. The molecule has 0 spiro atoms. The van der Waals surface area contributed by atoms with E-state index in [1.807, 2.05) is 19.9 Å². The number of fused-ring (bicyclic) bond motifs is 1. The molecule has 0 bridgehead atoms. The molecule has 0 radical (unpaired) electrons. The molecule has 1 aliphatic heterocycles. The first-order valence-corrected chi connectivity index (χ1v) is 13.0. The number of carbonyl (C=O) groups excluding carboxylic acids is 2. The lowest BCUT2D eigenvalue weighted by atomic mass is 10.0. The Kier molecular flexibility index (Phi) is 8.81. The largest absolute Gasteiger partial charge is 0.495 e. The minimum atomic E-state index is -3.39. The Bertz CT molecular complexity index is 1650. The normalized spacial score (nSPS) is 12.4. The van der Waals surface area contributed by atoms with Crippen LogP contribution in [0.15, 0.2) is 66.9 Å². The summed E-state index contributed by atoms with van der Waals surface area (Å²) in [6.07, 6.45) is 1.37. The predicted octanol–water partition coefficient (Wildman–Crippen LogP) is 5.25. The molecule has 0 fully saturated rings. The van der Waals surface area contributed by atoms with Crippen molar-refractivity contribution >= 4 is 23.2 Å². The number of rotatable bonds is 7. The molecule has 5 rings (SSSR count). The van der Waals surface area contributed by atoms with Crippen molar-refractivity contribution in [2.75, 3.05) is 31.0 Å². The number of nitrogens with one attached hydrogen (secondary N) is 1. The number of alkyl halides is 2. The standard InChI is InChI=1S/C28H22F2N6O4.C2H6/c1-39-22-11-6-17(14-18(22)15-31)26(37)33-21-16-32-36-13-12-35(27(38)25(21)36)20-9-7-19(8-10-20)28(29,30)23-4-3-5-24(34-23)40-2;1-2/h3-11,14,16H,12-13H2,1-2H3,(H,33,37);1-2H3. The fourth-order valence-electron chi connectivity index (χ4n) is 4.38. The van der Waals surface area contributed by atoms with E-state index in [2.05, 4.69) is 15.4 Å². The number of ether oxygens (including phenoxy) is 2. The number of benzene rings is 2. The van der Waals surface area contributed by atoms with Crippen molar-refractivity contribution in [2.45, 2.75) is 26.3 Å². The molecule has 2 aromatic carbocycles. The molecule has 2 amide bonds. The lowest BCUT2D eigenvalue weighted by molar-refractivity contribution is 0.0374. The smallest absolute Gasteiger partial charge is 0.315 e. The molecule has 0 saturated carbocycles. The van der Waals surface area contributed by atoms with E-state index < -0.39 is 23.4 Å². The van der Waals surface area contributed by atoms with Gasteiger partial charge in [-0.25, -0.2) is 4.98 Å². The third-order valence-corrected chi connectivity index (χ3v) is 6.45. The summed E-state index contributed by atoms with van der Waals surface area (Å²) >= 11 is 0. The van der Waals surface area contributed by atoms with E-state index in [9.17, 15) is 14.9 Å². The van der Waals surface area contributed by atoms with Crippen LogP contribution in [0.4, 0.5) is 20.2 Å². The zero-order chi connectivity index (χ0) is 30.4. The van der Waals surface area contributed by atoms with Gasteiger partial charge < -0.3 is 19.7 Å². The summed E-state index contributed by atoms with van der Waals surface area (Å²) in [6.45, 7) is 4.57. The number of anilines is 2. The maximum absolute atomic E-state index is 15.1. The van der Waals surface area contributed by atoms with Crippen LogP contribution in [0.3, 0.4) is 0 Å². The van der Waals surface area contributed by atoms with Gasteiger partial charge >= 0.3 is 5.92 Å². The van der Waals surface area contributed by atoms with E-state index in [0.717, 1.165) is 0 Å². The van der Waals surface area contributed by atoms with E-state index in [4.69, 9.17) is 9.47 Å². The maximum Gasteiger partial charge on any atom is 0.315 e. The van der Waals surface area contributed by atoms with Gasteiger partial charge in [0.05, 0.1) is 38.2 Å². The van der Waals surface area contributed by atoms with E-state index >= 15 is 8.78 Å².